The van der Waals surface area contributed by atoms with Crippen molar-refractivity contribution in [2.24, 2.45) is 17.6 Å². The fraction of sp³-hybridized carbons (Fsp3) is 1.00. The minimum atomic E-state index is 0.291. The molecule has 0 aliphatic carbocycles. The lowest BCUT2D eigenvalue weighted by atomic mass is 9.92. The van der Waals surface area contributed by atoms with E-state index in [1.165, 1.54) is 19.4 Å². The van der Waals surface area contributed by atoms with Crippen molar-refractivity contribution in [2.45, 2.75) is 32.7 Å². The van der Waals surface area contributed by atoms with Crippen molar-refractivity contribution in [1.29, 1.82) is 0 Å². The lowest BCUT2D eigenvalue weighted by molar-refractivity contribution is 0.121. The number of nitrogens with zero attached hydrogens (tertiary/aromatic N) is 1. The van der Waals surface area contributed by atoms with Crippen molar-refractivity contribution < 1.29 is 5.11 Å². The largest absolute Gasteiger partial charge is 0.396 e. The summed E-state index contributed by atoms with van der Waals surface area (Å²) in [6, 6.07) is 0.308. The Morgan fingerprint density at radius 1 is 1.50 bits per heavy atom. The van der Waals surface area contributed by atoms with E-state index in [0.717, 1.165) is 13.1 Å². The van der Waals surface area contributed by atoms with Gasteiger partial charge in [0.25, 0.3) is 0 Å². The molecule has 3 unspecified atom stereocenters. The van der Waals surface area contributed by atoms with E-state index in [1.54, 1.807) is 0 Å². The van der Waals surface area contributed by atoms with Crippen LogP contribution in [0.25, 0.3) is 0 Å². The van der Waals surface area contributed by atoms with Gasteiger partial charge in [0.2, 0.25) is 0 Å². The highest BCUT2D eigenvalue weighted by Gasteiger charge is 2.23. The highest BCUT2D eigenvalue weighted by Crippen LogP contribution is 2.19. The van der Waals surface area contributed by atoms with Gasteiger partial charge in [-0.2, -0.15) is 0 Å². The van der Waals surface area contributed by atoms with Gasteiger partial charge in [-0.1, -0.05) is 6.92 Å². The molecule has 1 aliphatic heterocycles. The Morgan fingerprint density at radius 2 is 2.21 bits per heavy atom. The van der Waals surface area contributed by atoms with Crippen LogP contribution in [0, 0.1) is 11.8 Å². The van der Waals surface area contributed by atoms with Crippen molar-refractivity contribution in [3.63, 3.8) is 0 Å². The van der Waals surface area contributed by atoms with Gasteiger partial charge in [0.15, 0.2) is 0 Å². The summed E-state index contributed by atoms with van der Waals surface area (Å²) in [5.74, 6) is 1.04. The average molecular weight is 200 g/mol. The van der Waals surface area contributed by atoms with Crippen LogP contribution >= 0.6 is 0 Å². The van der Waals surface area contributed by atoms with E-state index in [1.807, 2.05) is 0 Å². The van der Waals surface area contributed by atoms with Crippen LogP contribution in [0.1, 0.15) is 26.7 Å². The Morgan fingerprint density at radius 3 is 2.79 bits per heavy atom. The normalized spacial score (nSPS) is 28.7. The molecule has 84 valence electrons. The average Bonchev–Trinajstić information content (AvgIpc) is 2.18. The minimum Gasteiger partial charge on any atom is -0.396 e. The number of aliphatic hydroxyl groups excluding tert-OH is 1. The maximum Gasteiger partial charge on any atom is 0.0468 e. The molecule has 0 spiro atoms. The predicted octanol–water partition coefficient (Wildman–Crippen LogP) is 0.674. The number of hydrogen-bond donors (Lipinski definition) is 2. The van der Waals surface area contributed by atoms with E-state index in [9.17, 15) is 0 Å². The molecule has 3 atom stereocenters. The monoisotopic (exact) mass is 200 g/mol. The van der Waals surface area contributed by atoms with Crippen LogP contribution < -0.4 is 5.73 Å². The van der Waals surface area contributed by atoms with Crippen LogP contribution in [0.2, 0.25) is 0 Å². The highest BCUT2D eigenvalue weighted by atomic mass is 16.3. The number of piperidine rings is 1. The number of rotatable bonds is 4. The van der Waals surface area contributed by atoms with Crippen molar-refractivity contribution >= 4 is 0 Å². The van der Waals surface area contributed by atoms with Crippen LogP contribution in [0.3, 0.4) is 0 Å². The molecule has 3 nitrogen and oxygen atoms in total. The summed E-state index contributed by atoms with van der Waals surface area (Å²) in [5, 5.41) is 8.99. The second-order valence-electron chi connectivity index (χ2n) is 4.81. The third-order valence-electron chi connectivity index (χ3n) is 3.17. The Hall–Kier alpha value is -0.120. The first kappa shape index (κ1) is 12.0. The third kappa shape index (κ3) is 3.56. The van der Waals surface area contributed by atoms with Gasteiger partial charge in [0.05, 0.1) is 0 Å². The second-order valence-corrected chi connectivity index (χ2v) is 4.81. The molecule has 0 aromatic heterocycles. The number of hydrogen-bond acceptors (Lipinski definition) is 3. The van der Waals surface area contributed by atoms with Crippen molar-refractivity contribution in [3.05, 3.63) is 0 Å². The first-order valence-corrected chi connectivity index (χ1v) is 5.72. The molecule has 3 heteroatoms. The lowest BCUT2D eigenvalue weighted by Crippen LogP contribution is -2.44. The minimum absolute atomic E-state index is 0.291. The molecule has 14 heavy (non-hydrogen) atoms. The van der Waals surface area contributed by atoms with Gasteiger partial charge in [-0.15, -0.1) is 0 Å². The summed E-state index contributed by atoms with van der Waals surface area (Å²) in [5.41, 5.74) is 5.92. The maximum absolute atomic E-state index is 8.99. The Balaban J connectivity index is 2.32. The van der Waals surface area contributed by atoms with Crippen molar-refractivity contribution in [3.8, 4) is 0 Å². The van der Waals surface area contributed by atoms with E-state index < -0.39 is 0 Å². The molecule has 1 heterocycles. The molecule has 0 bridgehead atoms. The molecule has 0 radical (unpaired) electrons. The van der Waals surface area contributed by atoms with Crippen molar-refractivity contribution in [2.75, 3.05) is 26.2 Å². The van der Waals surface area contributed by atoms with Crippen LogP contribution in [0.15, 0.2) is 0 Å². The van der Waals surface area contributed by atoms with E-state index >= 15 is 0 Å². The van der Waals surface area contributed by atoms with Crippen molar-refractivity contribution in [1.82, 2.24) is 4.90 Å². The molecule has 1 aliphatic rings. The summed E-state index contributed by atoms with van der Waals surface area (Å²) >= 11 is 0. The van der Waals surface area contributed by atoms with Crippen LogP contribution in [0.5, 0.6) is 0 Å². The molecular formula is C11H24N2O. The summed E-state index contributed by atoms with van der Waals surface area (Å²) in [6.45, 7) is 7.79. The zero-order chi connectivity index (χ0) is 10.6. The predicted molar refractivity (Wildman–Crippen MR) is 59.1 cm³/mol. The fourth-order valence-electron chi connectivity index (χ4n) is 2.18. The molecule has 0 saturated carbocycles. The van der Waals surface area contributed by atoms with Gasteiger partial charge in [-0.3, -0.25) is 0 Å². The van der Waals surface area contributed by atoms with E-state index in [0.29, 0.717) is 24.5 Å². The van der Waals surface area contributed by atoms with Gasteiger partial charge in [-0.05, 0) is 38.1 Å². The van der Waals surface area contributed by atoms with Crippen LogP contribution in [-0.2, 0) is 0 Å². The Kier molecular flexibility index (Phi) is 4.85. The Labute approximate surface area is 87.3 Å². The molecule has 0 aromatic carbocycles. The molecule has 0 aromatic rings. The van der Waals surface area contributed by atoms with Gasteiger partial charge in [0, 0.05) is 25.7 Å². The summed E-state index contributed by atoms with van der Waals surface area (Å²) in [6.07, 6.45) is 2.52. The van der Waals surface area contributed by atoms with Gasteiger partial charge < -0.3 is 15.7 Å². The zero-order valence-corrected chi connectivity index (χ0v) is 9.45. The molecule has 3 N–H and O–H groups in total. The van der Waals surface area contributed by atoms with Crippen LogP contribution in [0.4, 0.5) is 0 Å². The standard InChI is InChI=1S/C11H24N2O/c1-9(8-14)6-13-5-3-4-11(7-13)10(2)12/h9-11,14H,3-8,12H2,1-2H3. The molecule has 1 fully saturated rings. The maximum atomic E-state index is 8.99. The quantitative estimate of drug-likeness (QED) is 0.701. The smallest absolute Gasteiger partial charge is 0.0468 e. The fourth-order valence-corrected chi connectivity index (χ4v) is 2.18. The SMILES string of the molecule is CC(CO)CN1CCCC(C(C)N)C1. The van der Waals surface area contributed by atoms with Gasteiger partial charge in [-0.25, -0.2) is 0 Å². The molecule has 0 amide bonds. The Bertz CT molecular complexity index is 161. The first-order valence-electron chi connectivity index (χ1n) is 5.72. The van der Waals surface area contributed by atoms with E-state index in [4.69, 9.17) is 10.8 Å². The summed E-state index contributed by atoms with van der Waals surface area (Å²) in [7, 11) is 0. The highest BCUT2D eigenvalue weighted by molar-refractivity contribution is 4.78. The third-order valence-corrected chi connectivity index (χ3v) is 3.17. The number of aliphatic hydroxyl groups is 1. The zero-order valence-electron chi connectivity index (χ0n) is 9.45. The van der Waals surface area contributed by atoms with E-state index in [2.05, 4.69) is 18.7 Å². The van der Waals surface area contributed by atoms with Gasteiger partial charge in [0.1, 0.15) is 0 Å². The molecule has 1 saturated heterocycles. The molecule has 1 rings (SSSR count). The number of nitrogens with two attached hydrogens (primary N) is 1. The topological polar surface area (TPSA) is 49.5 Å². The number of likely N-dealkylation sites (tertiary alicyclic amines) is 1. The molecular weight excluding hydrogens is 176 g/mol. The van der Waals surface area contributed by atoms with Crippen LogP contribution in [-0.4, -0.2) is 42.3 Å². The van der Waals surface area contributed by atoms with Gasteiger partial charge >= 0.3 is 0 Å². The summed E-state index contributed by atoms with van der Waals surface area (Å²) in [4.78, 5) is 2.44. The summed E-state index contributed by atoms with van der Waals surface area (Å²) < 4.78 is 0. The van der Waals surface area contributed by atoms with E-state index in [-0.39, 0.29) is 0 Å². The second kappa shape index (κ2) is 5.69. The first-order chi connectivity index (χ1) is 6.63. The lowest BCUT2D eigenvalue weighted by Gasteiger charge is -2.35.